The van der Waals surface area contributed by atoms with Crippen LogP contribution in [0.1, 0.15) is 12.8 Å². The van der Waals surface area contributed by atoms with Gasteiger partial charge in [0.2, 0.25) is 0 Å². The van der Waals surface area contributed by atoms with Crippen molar-refractivity contribution in [2.45, 2.75) is 38.5 Å². The summed E-state index contributed by atoms with van der Waals surface area (Å²) in [5, 5.41) is 18.4. The molecule has 1 aliphatic rings. The van der Waals surface area contributed by atoms with E-state index in [0.29, 0.717) is 6.04 Å². The highest BCUT2D eigenvalue weighted by molar-refractivity contribution is 8.00. The molecule has 3 aromatic carbocycles. The molecule has 0 unspecified atom stereocenters. The van der Waals surface area contributed by atoms with Crippen LogP contribution >= 0.6 is 23.5 Å². The average molecular weight is 524 g/mol. The van der Waals surface area contributed by atoms with Gasteiger partial charge in [0.15, 0.2) is 0 Å². The normalized spacial score (nSPS) is 13.1. The van der Waals surface area contributed by atoms with Gasteiger partial charge < -0.3 is 30.5 Å². The Balaban J connectivity index is 1.60. The number of benzene rings is 3. The van der Waals surface area contributed by atoms with Gasteiger partial charge in [0.25, 0.3) is 0 Å². The number of ether oxygens (including phenoxy) is 2. The number of nitrogens with one attached hydrogen (secondary N) is 3. The third-order valence-electron chi connectivity index (χ3n) is 5.30. The first-order valence-electron chi connectivity index (χ1n) is 11.5. The van der Waals surface area contributed by atoms with Crippen LogP contribution in [0.5, 0.6) is 11.5 Å². The van der Waals surface area contributed by atoms with Crippen LogP contribution < -0.4 is 25.4 Å². The molecule has 0 bridgehead atoms. The monoisotopic (exact) mass is 523 g/mol. The van der Waals surface area contributed by atoms with Crippen molar-refractivity contribution in [3.8, 4) is 11.5 Å². The van der Waals surface area contributed by atoms with Crippen molar-refractivity contribution in [3.63, 3.8) is 0 Å². The lowest BCUT2D eigenvalue weighted by Crippen LogP contribution is -2.26. The number of rotatable bonds is 12. The molecule has 0 aliphatic heterocycles. The van der Waals surface area contributed by atoms with Gasteiger partial charge in [-0.05, 0) is 85.6 Å². The lowest BCUT2D eigenvalue weighted by Gasteiger charge is -2.18. The van der Waals surface area contributed by atoms with Crippen molar-refractivity contribution in [2.24, 2.45) is 0 Å². The Morgan fingerprint density at radius 2 is 1.50 bits per heavy atom. The van der Waals surface area contributed by atoms with Crippen molar-refractivity contribution < 1.29 is 19.4 Å². The highest BCUT2D eigenvalue weighted by atomic mass is 32.2. The Kier molecular flexibility index (Phi) is 8.91. The maximum absolute atomic E-state index is 10.9. The average Bonchev–Trinajstić information content (AvgIpc) is 3.70. The molecule has 0 radical (unpaired) electrons. The standard InChI is InChI=1S/C27H29N3O4S2/c1-33-19-5-9-21(10-6-19)35-23-13-14-25(36-22-11-7-20(34-2)8-12-22)24(17-23)30-26(29-18-3-4-18)15-16-28-27(31)32/h5-15,17-18,28-30H,3-4,16H2,1-2H3,(H,31,32). The molecule has 1 saturated carbocycles. The Hall–Kier alpha value is -3.43. The molecule has 0 aromatic heterocycles. The van der Waals surface area contributed by atoms with E-state index in [2.05, 4.69) is 34.1 Å². The minimum absolute atomic E-state index is 0.207. The molecule has 0 spiro atoms. The fourth-order valence-electron chi connectivity index (χ4n) is 3.29. The van der Waals surface area contributed by atoms with E-state index >= 15 is 0 Å². The number of hydrogen-bond acceptors (Lipinski definition) is 7. The maximum Gasteiger partial charge on any atom is 0.404 e. The summed E-state index contributed by atoms with van der Waals surface area (Å²) in [4.78, 5) is 15.3. The van der Waals surface area contributed by atoms with Crippen LogP contribution in [0.2, 0.25) is 0 Å². The van der Waals surface area contributed by atoms with Gasteiger partial charge >= 0.3 is 6.09 Å². The summed E-state index contributed by atoms with van der Waals surface area (Å²) in [7, 11) is 3.31. The summed E-state index contributed by atoms with van der Waals surface area (Å²) in [6.07, 6.45) is 2.99. The van der Waals surface area contributed by atoms with Gasteiger partial charge in [0.05, 0.1) is 19.9 Å². The fourth-order valence-corrected chi connectivity index (χ4v) is 5.03. The zero-order valence-corrected chi connectivity index (χ0v) is 21.7. The second-order valence-corrected chi connectivity index (χ2v) is 10.3. The van der Waals surface area contributed by atoms with Gasteiger partial charge in [0, 0.05) is 32.2 Å². The van der Waals surface area contributed by atoms with Gasteiger partial charge in [-0.25, -0.2) is 4.79 Å². The van der Waals surface area contributed by atoms with Crippen LogP contribution in [0.15, 0.2) is 98.2 Å². The highest BCUT2D eigenvalue weighted by Gasteiger charge is 2.22. The van der Waals surface area contributed by atoms with Crippen LogP contribution in [0.4, 0.5) is 10.5 Å². The van der Waals surface area contributed by atoms with E-state index in [1.165, 1.54) is 0 Å². The number of amides is 1. The maximum atomic E-state index is 10.9. The van der Waals surface area contributed by atoms with E-state index in [1.54, 1.807) is 37.7 Å². The zero-order chi connectivity index (χ0) is 25.3. The van der Waals surface area contributed by atoms with Gasteiger partial charge in [-0.3, -0.25) is 0 Å². The Morgan fingerprint density at radius 3 is 2.06 bits per heavy atom. The molecule has 0 heterocycles. The Morgan fingerprint density at radius 1 is 0.917 bits per heavy atom. The Bertz CT molecular complexity index is 1200. The first-order valence-corrected chi connectivity index (χ1v) is 13.1. The minimum Gasteiger partial charge on any atom is -0.497 e. The van der Waals surface area contributed by atoms with Crippen LogP contribution in [-0.2, 0) is 0 Å². The van der Waals surface area contributed by atoms with E-state index in [1.807, 2.05) is 54.6 Å². The molecule has 1 fully saturated rings. The number of methoxy groups -OCH3 is 2. The highest BCUT2D eigenvalue weighted by Crippen LogP contribution is 2.39. The second kappa shape index (κ2) is 12.5. The molecule has 0 atom stereocenters. The van der Waals surface area contributed by atoms with E-state index in [-0.39, 0.29) is 6.54 Å². The van der Waals surface area contributed by atoms with Gasteiger partial charge in [-0.2, -0.15) is 0 Å². The van der Waals surface area contributed by atoms with E-state index in [4.69, 9.17) is 14.6 Å². The van der Waals surface area contributed by atoms with Crippen molar-refractivity contribution in [1.29, 1.82) is 0 Å². The van der Waals surface area contributed by atoms with Crippen molar-refractivity contribution >= 4 is 35.3 Å². The Labute approximate surface area is 219 Å². The number of carbonyl (C=O) groups is 1. The predicted molar refractivity (Wildman–Crippen MR) is 145 cm³/mol. The quantitative estimate of drug-likeness (QED) is 0.221. The summed E-state index contributed by atoms with van der Waals surface area (Å²) in [6.45, 7) is 0.207. The summed E-state index contributed by atoms with van der Waals surface area (Å²) < 4.78 is 10.6. The smallest absolute Gasteiger partial charge is 0.404 e. The molecule has 7 nitrogen and oxygen atoms in total. The molecule has 3 aromatic rings. The third-order valence-corrected chi connectivity index (χ3v) is 7.38. The molecular formula is C27H29N3O4S2. The molecule has 1 aliphatic carbocycles. The summed E-state index contributed by atoms with van der Waals surface area (Å²) >= 11 is 3.31. The SMILES string of the molecule is COc1ccc(Sc2ccc(Sc3ccc(OC)cc3)c(NC(=CCNC(=O)O)NC3CC3)c2)cc1. The number of carboxylic acid groups (broad SMARTS) is 1. The molecule has 4 N–H and O–H groups in total. The second-order valence-electron chi connectivity index (χ2n) is 8.06. The lowest BCUT2D eigenvalue weighted by atomic mass is 10.3. The molecule has 0 saturated heterocycles. The molecule has 1 amide bonds. The van der Waals surface area contributed by atoms with E-state index < -0.39 is 6.09 Å². The first-order chi connectivity index (χ1) is 17.5. The summed E-state index contributed by atoms with van der Waals surface area (Å²) in [6, 6.07) is 22.7. The summed E-state index contributed by atoms with van der Waals surface area (Å²) in [5.41, 5.74) is 0.934. The molecule has 36 heavy (non-hydrogen) atoms. The molecule has 188 valence electrons. The van der Waals surface area contributed by atoms with Crippen LogP contribution in [0.3, 0.4) is 0 Å². The van der Waals surface area contributed by atoms with E-state index in [0.717, 1.165) is 55.4 Å². The van der Waals surface area contributed by atoms with Gasteiger partial charge in [-0.15, -0.1) is 0 Å². The third kappa shape index (κ3) is 7.79. The lowest BCUT2D eigenvalue weighted by molar-refractivity contribution is 0.195. The van der Waals surface area contributed by atoms with Crippen molar-refractivity contribution in [1.82, 2.24) is 10.6 Å². The predicted octanol–water partition coefficient (Wildman–Crippen LogP) is 6.28. The topological polar surface area (TPSA) is 91.9 Å². The largest absolute Gasteiger partial charge is 0.497 e. The zero-order valence-electron chi connectivity index (χ0n) is 20.1. The molecule has 4 rings (SSSR count). The number of anilines is 1. The van der Waals surface area contributed by atoms with Crippen molar-refractivity contribution in [2.75, 3.05) is 26.1 Å². The van der Waals surface area contributed by atoms with Crippen LogP contribution in [0.25, 0.3) is 0 Å². The summed E-state index contributed by atoms with van der Waals surface area (Å²) in [5.74, 6) is 2.42. The molecular weight excluding hydrogens is 494 g/mol. The van der Waals surface area contributed by atoms with Crippen LogP contribution in [0, 0.1) is 0 Å². The van der Waals surface area contributed by atoms with Crippen LogP contribution in [-0.4, -0.2) is 38.0 Å². The number of hydrogen-bond donors (Lipinski definition) is 4. The molecule has 9 heteroatoms. The van der Waals surface area contributed by atoms with Gasteiger partial charge in [-0.1, -0.05) is 23.5 Å². The van der Waals surface area contributed by atoms with Crippen molar-refractivity contribution in [3.05, 3.63) is 78.6 Å². The van der Waals surface area contributed by atoms with E-state index in [9.17, 15) is 4.79 Å². The fraction of sp³-hybridized carbons (Fsp3) is 0.222. The van der Waals surface area contributed by atoms with Gasteiger partial charge in [0.1, 0.15) is 17.3 Å². The minimum atomic E-state index is -1.05. The first kappa shape index (κ1) is 25.7.